The number of carbonyl (C=O) groups excluding carboxylic acids is 1. The molecular weight excluding hydrogens is 372 g/mol. The van der Waals surface area contributed by atoms with E-state index in [-0.39, 0.29) is 0 Å². The van der Waals surface area contributed by atoms with E-state index in [2.05, 4.69) is 5.32 Å². The molecule has 1 aromatic rings. The molecule has 1 heterocycles. The SMILES string of the molecule is COc1cc2cc(c1Cl)N(C)OC(=O)NC(C)(O)C(OC)/C=C/C=C(\C)C2. The number of anilines is 1. The summed E-state index contributed by atoms with van der Waals surface area (Å²) in [5.74, 6) is 0.474. The number of halogens is 1. The smallest absolute Gasteiger partial charge is 0.433 e. The normalized spacial score (nSPS) is 26.9. The first-order valence-corrected chi connectivity index (χ1v) is 8.75. The van der Waals surface area contributed by atoms with Crippen LogP contribution in [0.15, 0.2) is 35.9 Å². The molecule has 0 aliphatic carbocycles. The fraction of sp³-hybridized carbons (Fsp3) is 0.421. The molecule has 0 spiro atoms. The number of benzene rings is 1. The molecule has 27 heavy (non-hydrogen) atoms. The second kappa shape index (κ2) is 8.65. The van der Waals surface area contributed by atoms with Crippen molar-refractivity contribution in [3.05, 3.63) is 46.5 Å². The third-order valence-electron chi connectivity index (χ3n) is 4.17. The van der Waals surface area contributed by atoms with Crippen molar-refractivity contribution in [3.63, 3.8) is 0 Å². The first-order valence-electron chi connectivity index (χ1n) is 8.37. The van der Waals surface area contributed by atoms with Gasteiger partial charge in [-0.25, -0.2) is 9.86 Å². The van der Waals surface area contributed by atoms with Crippen LogP contribution in [0.4, 0.5) is 10.5 Å². The third kappa shape index (κ3) is 5.15. The summed E-state index contributed by atoms with van der Waals surface area (Å²) in [5.41, 5.74) is 0.792. The molecule has 2 unspecified atom stereocenters. The molecule has 2 N–H and O–H groups in total. The predicted molar refractivity (Wildman–Crippen MR) is 104 cm³/mol. The Hall–Kier alpha value is -2.22. The Morgan fingerprint density at radius 3 is 2.74 bits per heavy atom. The van der Waals surface area contributed by atoms with Crippen molar-refractivity contribution < 1.29 is 24.2 Å². The molecule has 1 aliphatic heterocycles. The van der Waals surface area contributed by atoms with Gasteiger partial charge in [-0.1, -0.05) is 35.4 Å². The molecule has 1 amide bonds. The number of hydrogen-bond donors (Lipinski definition) is 2. The Kier molecular flexibility index (Phi) is 6.75. The van der Waals surface area contributed by atoms with E-state index in [1.54, 1.807) is 19.2 Å². The van der Waals surface area contributed by atoms with Crippen LogP contribution in [0.2, 0.25) is 5.02 Å². The summed E-state index contributed by atoms with van der Waals surface area (Å²) >= 11 is 6.37. The Balaban J connectivity index is 2.51. The zero-order chi connectivity index (χ0) is 20.2. The summed E-state index contributed by atoms with van der Waals surface area (Å²) in [6.07, 6.45) is 4.35. The summed E-state index contributed by atoms with van der Waals surface area (Å²) in [6, 6.07) is 3.66. The first kappa shape index (κ1) is 21.1. The van der Waals surface area contributed by atoms with Gasteiger partial charge >= 0.3 is 6.09 Å². The van der Waals surface area contributed by atoms with Gasteiger partial charge in [-0.3, -0.25) is 5.32 Å². The molecule has 2 bridgehead atoms. The quantitative estimate of drug-likeness (QED) is 0.799. The molecule has 1 aromatic carbocycles. The lowest BCUT2D eigenvalue weighted by atomic mass is 10.0. The summed E-state index contributed by atoms with van der Waals surface area (Å²) in [7, 11) is 4.51. The summed E-state index contributed by atoms with van der Waals surface area (Å²) in [5, 5.41) is 14.5. The number of hydroxylamine groups is 1. The number of ether oxygens (including phenoxy) is 2. The van der Waals surface area contributed by atoms with Crippen LogP contribution in [0.25, 0.3) is 0 Å². The van der Waals surface area contributed by atoms with E-state index in [1.807, 2.05) is 25.1 Å². The molecule has 7 nitrogen and oxygen atoms in total. The number of nitrogens with one attached hydrogen (secondary N) is 1. The number of amides is 1. The van der Waals surface area contributed by atoms with Crippen LogP contribution >= 0.6 is 11.6 Å². The van der Waals surface area contributed by atoms with Crippen molar-refractivity contribution in [3.8, 4) is 5.75 Å². The number of nitrogens with zero attached hydrogens (tertiary/aromatic N) is 1. The van der Waals surface area contributed by atoms with E-state index in [4.69, 9.17) is 25.9 Å². The standard InChI is InChI=1S/C19H25ClN2O5/c1-12-7-6-8-16(26-5)19(2,24)21-18(23)27-22(3)14-10-13(9-12)11-15(25-4)17(14)20/h6-8,10-11,16,24H,9H2,1-5H3,(H,21,23)/b8-6+,12-7+. The number of methoxy groups -OCH3 is 2. The van der Waals surface area contributed by atoms with E-state index < -0.39 is 17.9 Å². The zero-order valence-corrected chi connectivity index (χ0v) is 16.8. The highest BCUT2D eigenvalue weighted by atomic mass is 35.5. The molecule has 0 saturated carbocycles. The maximum Gasteiger partial charge on any atom is 0.433 e. The first-order chi connectivity index (χ1) is 12.7. The van der Waals surface area contributed by atoms with Gasteiger partial charge in [-0.05, 0) is 38.0 Å². The van der Waals surface area contributed by atoms with Gasteiger partial charge in [0.1, 0.15) is 16.9 Å². The van der Waals surface area contributed by atoms with Crippen LogP contribution in [-0.4, -0.2) is 44.3 Å². The number of hydrogen-bond acceptors (Lipinski definition) is 6. The van der Waals surface area contributed by atoms with Gasteiger partial charge < -0.3 is 19.4 Å². The fourth-order valence-corrected chi connectivity index (χ4v) is 3.09. The molecule has 1 aliphatic rings. The Labute approximate surface area is 164 Å². The minimum atomic E-state index is -1.68. The minimum absolute atomic E-state index is 0.312. The number of carbonyl (C=O) groups is 1. The molecule has 0 fully saturated rings. The maximum atomic E-state index is 12.3. The number of allylic oxidation sites excluding steroid dienone is 3. The van der Waals surface area contributed by atoms with Crippen LogP contribution in [-0.2, 0) is 16.0 Å². The average Bonchev–Trinajstić information content (AvgIpc) is 2.58. The zero-order valence-electron chi connectivity index (χ0n) is 16.1. The van der Waals surface area contributed by atoms with Crippen LogP contribution < -0.4 is 15.1 Å². The van der Waals surface area contributed by atoms with Gasteiger partial charge in [0.2, 0.25) is 0 Å². The minimum Gasteiger partial charge on any atom is -0.495 e. The van der Waals surface area contributed by atoms with E-state index >= 15 is 0 Å². The second-order valence-corrected chi connectivity index (χ2v) is 6.89. The molecule has 2 atom stereocenters. The molecule has 0 saturated heterocycles. The summed E-state index contributed by atoms with van der Waals surface area (Å²) in [4.78, 5) is 17.5. The predicted octanol–water partition coefficient (Wildman–Crippen LogP) is 3.21. The van der Waals surface area contributed by atoms with Crippen LogP contribution in [0.1, 0.15) is 19.4 Å². The van der Waals surface area contributed by atoms with E-state index in [0.717, 1.165) is 11.1 Å². The lowest BCUT2D eigenvalue weighted by molar-refractivity contribution is -0.0770. The van der Waals surface area contributed by atoms with Crippen LogP contribution in [0, 0.1) is 0 Å². The topological polar surface area (TPSA) is 80.3 Å². The van der Waals surface area contributed by atoms with Crippen LogP contribution in [0.3, 0.4) is 0 Å². The third-order valence-corrected chi connectivity index (χ3v) is 4.55. The van der Waals surface area contributed by atoms with Crippen LogP contribution in [0.5, 0.6) is 5.75 Å². The molecular formula is C19H25ClN2O5. The molecule has 0 radical (unpaired) electrons. The van der Waals surface area contributed by atoms with Crippen molar-refractivity contribution in [2.45, 2.75) is 32.1 Å². The van der Waals surface area contributed by atoms with Gasteiger partial charge in [0.25, 0.3) is 0 Å². The Morgan fingerprint density at radius 1 is 1.41 bits per heavy atom. The Bertz CT molecular complexity index is 761. The fourth-order valence-electron chi connectivity index (χ4n) is 2.79. The highest BCUT2D eigenvalue weighted by Gasteiger charge is 2.33. The van der Waals surface area contributed by atoms with E-state index in [1.165, 1.54) is 26.2 Å². The van der Waals surface area contributed by atoms with E-state index in [0.29, 0.717) is 22.9 Å². The van der Waals surface area contributed by atoms with Gasteiger partial charge in [0.05, 0.1) is 12.8 Å². The largest absolute Gasteiger partial charge is 0.495 e. The summed E-state index contributed by atoms with van der Waals surface area (Å²) < 4.78 is 10.6. The maximum absolute atomic E-state index is 12.3. The van der Waals surface area contributed by atoms with Gasteiger partial charge in [0, 0.05) is 14.2 Å². The van der Waals surface area contributed by atoms with Crippen molar-refractivity contribution in [2.75, 3.05) is 26.3 Å². The molecule has 2 rings (SSSR count). The van der Waals surface area contributed by atoms with Crippen molar-refractivity contribution in [2.24, 2.45) is 0 Å². The average molecular weight is 397 g/mol. The number of aliphatic hydroxyl groups is 1. The molecule has 8 heteroatoms. The van der Waals surface area contributed by atoms with Gasteiger partial charge in [-0.2, -0.15) is 0 Å². The monoisotopic (exact) mass is 396 g/mol. The lowest BCUT2D eigenvalue weighted by Gasteiger charge is -2.31. The Morgan fingerprint density at radius 2 is 2.11 bits per heavy atom. The highest BCUT2D eigenvalue weighted by Crippen LogP contribution is 2.36. The summed E-state index contributed by atoms with van der Waals surface area (Å²) in [6.45, 7) is 3.41. The van der Waals surface area contributed by atoms with Gasteiger partial charge in [0.15, 0.2) is 5.72 Å². The van der Waals surface area contributed by atoms with Crippen molar-refractivity contribution in [1.82, 2.24) is 5.32 Å². The molecule has 148 valence electrons. The van der Waals surface area contributed by atoms with Crippen molar-refractivity contribution >= 4 is 23.4 Å². The van der Waals surface area contributed by atoms with E-state index in [9.17, 15) is 9.90 Å². The van der Waals surface area contributed by atoms with Crippen molar-refractivity contribution in [1.29, 1.82) is 0 Å². The number of rotatable bonds is 2. The number of fused-ring (bicyclic) bond motifs is 2. The van der Waals surface area contributed by atoms with Gasteiger partial charge in [-0.15, -0.1) is 0 Å². The molecule has 0 aromatic heterocycles. The lowest BCUT2D eigenvalue weighted by Crippen LogP contribution is -2.55. The highest BCUT2D eigenvalue weighted by molar-refractivity contribution is 6.34. The second-order valence-electron chi connectivity index (χ2n) is 6.51.